The summed E-state index contributed by atoms with van der Waals surface area (Å²) < 4.78 is 0. The first kappa shape index (κ1) is 22.7. The number of aryl methyl sites for hydroxylation is 1. The van der Waals surface area contributed by atoms with Gasteiger partial charge in [0.05, 0.1) is 0 Å². The van der Waals surface area contributed by atoms with E-state index in [2.05, 4.69) is 81.0 Å². The number of hydrogen-bond acceptors (Lipinski definition) is 5. The fourth-order valence-corrected chi connectivity index (χ4v) is 3.24. The number of rotatable bonds is 11. The zero-order chi connectivity index (χ0) is 20.0. The third kappa shape index (κ3) is 6.10. The van der Waals surface area contributed by atoms with Crippen molar-refractivity contribution in [2.45, 2.75) is 100.0 Å². The van der Waals surface area contributed by atoms with E-state index >= 15 is 0 Å². The van der Waals surface area contributed by atoms with Crippen LogP contribution in [-0.2, 0) is 0 Å². The SMILES string of the molecule is CCCCC(C)(C)CNc1nc(C)nc(NC(C)(C)C(C)(CC)CC)n1. The largest absolute Gasteiger partial charge is 0.354 e. The Morgan fingerprint density at radius 1 is 0.846 bits per heavy atom. The van der Waals surface area contributed by atoms with E-state index < -0.39 is 0 Å². The summed E-state index contributed by atoms with van der Waals surface area (Å²) in [5, 5.41) is 7.00. The van der Waals surface area contributed by atoms with Gasteiger partial charge in [-0.3, -0.25) is 0 Å². The molecule has 2 N–H and O–H groups in total. The Balaban J connectivity index is 2.90. The molecule has 0 aromatic carbocycles. The molecule has 0 aliphatic carbocycles. The zero-order valence-corrected chi connectivity index (χ0v) is 18.6. The molecule has 0 amide bonds. The van der Waals surface area contributed by atoms with Crippen LogP contribution in [0, 0.1) is 17.8 Å². The van der Waals surface area contributed by atoms with Crippen LogP contribution in [-0.4, -0.2) is 27.0 Å². The third-order valence-electron chi connectivity index (χ3n) is 6.17. The summed E-state index contributed by atoms with van der Waals surface area (Å²) >= 11 is 0. The molecule has 1 rings (SSSR count). The van der Waals surface area contributed by atoms with E-state index in [0.717, 1.165) is 25.2 Å². The average Bonchev–Trinajstić information content (AvgIpc) is 2.56. The molecule has 1 heterocycles. The fraction of sp³-hybridized carbons (Fsp3) is 0.857. The Labute approximate surface area is 161 Å². The number of anilines is 2. The molecule has 0 spiro atoms. The topological polar surface area (TPSA) is 62.7 Å². The van der Waals surface area contributed by atoms with Crippen LogP contribution in [0.3, 0.4) is 0 Å². The van der Waals surface area contributed by atoms with Gasteiger partial charge in [-0.25, -0.2) is 0 Å². The van der Waals surface area contributed by atoms with Crippen molar-refractivity contribution in [2.75, 3.05) is 17.2 Å². The first-order valence-electron chi connectivity index (χ1n) is 10.2. The molecular formula is C21H41N5. The number of nitrogens with zero attached hydrogens (tertiary/aromatic N) is 3. The van der Waals surface area contributed by atoms with E-state index in [4.69, 9.17) is 0 Å². The summed E-state index contributed by atoms with van der Waals surface area (Å²) in [7, 11) is 0. The van der Waals surface area contributed by atoms with Gasteiger partial charge in [0.1, 0.15) is 5.82 Å². The lowest BCUT2D eigenvalue weighted by atomic mass is 9.69. The van der Waals surface area contributed by atoms with Gasteiger partial charge in [-0.1, -0.05) is 54.4 Å². The monoisotopic (exact) mass is 363 g/mol. The Hall–Kier alpha value is -1.39. The van der Waals surface area contributed by atoms with Gasteiger partial charge >= 0.3 is 0 Å². The molecule has 0 atom stereocenters. The lowest BCUT2D eigenvalue weighted by Gasteiger charge is -2.44. The molecule has 0 unspecified atom stereocenters. The average molecular weight is 364 g/mol. The van der Waals surface area contributed by atoms with Crippen LogP contribution < -0.4 is 10.6 Å². The number of hydrogen-bond donors (Lipinski definition) is 2. The molecule has 26 heavy (non-hydrogen) atoms. The van der Waals surface area contributed by atoms with E-state index in [9.17, 15) is 0 Å². The van der Waals surface area contributed by atoms with E-state index in [1.807, 2.05) is 6.92 Å². The predicted molar refractivity (Wildman–Crippen MR) is 113 cm³/mol. The number of nitrogens with one attached hydrogen (secondary N) is 2. The van der Waals surface area contributed by atoms with E-state index in [-0.39, 0.29) is 16.4 Å². The highest BCUT2D eigenvalue weighted by Gasteiger charge is 2.38. The van der Waals surface area contributed by atoms with Crippen LogP contribution in [0.5, 0.6) is 0 Å². The van der Waals surface area contributed by atoms with Gasteiger partial charge in [0.25, 0.3) is 0 Å². The highest BCUT2D eigenvalue weighted by molar-refractivity contribution is 5.37. The zero-order valence-electron chi connectivity index (χ0n) is 18.6. The molecule has 0 aliphatic rings. The smallest absolute Gasteiger partial charge is 0.228 e. The second kappa shape index (κ2) is 9.01. The van der Waals surface area contributed by atoms with Crippen LogP contribution in [0.1, 0.15) is 93.3 Å². The van der Waals surface area contributed by atoms with Crippen molar-refractivity contribution in [3.63, 3.8) is 0 Å². The van der Waals surface area contributed by atoms with Crippen molar-refractivity contribution in [3.8, 4) is 0 Å². The molecule has 0 fully saturated rings. The van der Waals surface area contributed by atoms with Crippen molar-refractivity contribution < 1.29 is 0 Å². The maximum Gasteiger partial charge on any atom is 0.228 e. The van der Waals surface area contributed by atoms with Crippen molar-refractivity contribution in [3.05, 3.63) is 5.82 Å². The molecule has 5 heteroatoms. The molecular weight excluding hydrogens is 322 g/mol. The van der Waals surface area contributed by atoms with Gasteiger partial charge in [-0.05, 0) is 50.9 Å². The second-order valence-corrected chi connectivity index (χ2v) is 9.17. The van der Waals surface area contributed by atoms with E-state index in [0.29, 0.717) is 11.9 Å². The summed E-state index contributed by atoms with van der Waals surface area (Å²) in [5.74, 6) is 2.06. The van der Waals surface area contributed by atoms with Crippen LogP contribution in [0.2, 0.25) is 0 Å². The maximum absolute atomic E-state index is 4.64. The molecule has 0 saturated heterocycles. The van der Waals surface area contributed by atoms with E-state index in [1.165, 1.54) is 19.3 Å². The molecule has 150 valence electrons. The molecule has 0 radical (unpaired) electrons. The summed E-state index contributed by atoms with van der Waals surface area (Å²) in [4.78, 5) is 13.6. The van der Waals surface area contributed by atoms with Crippen LogP contribution >= 0.6 is 0 Å². The first-order chi connectivity index (χ1) is 12.0. The van der Waals surface area contributed by atoms with Gasteiger partial charge in [-0.15, -0.1) is 0 Å². The molecule has 1 aromatic heterocycles. The van der Waals surface area contributed by atoms with Gasteiger partial charge < -0.3 is 10.6 Å². The Kier molecular flexibility index (Phi) is 7.85. The first-order valence-corrected chi connectivity index (χ1v) is 10.2. The summed E-state index contributed by atoms with van der Waals surface area (Å²) in [5.41, 5.74) is 0.289. The summed E-state index contributed by atoms with van der Waals surface area (Å²) in [6.45, 7) is 20.9. The minimum absolute atomic E-state index is 0.109. The van der Waals surface area contributed by atoms with Gasteiger partial charge in [0.2, 0.25) is 11.9 Å². The second-order valence-electron chi connectivity index (χ2n) is 9.17. The van der Waals surface area contributed by atoms with Crippen molar-refractivity contribution in [1.82, 2.24) is 15.0 Å². The summed E-state index contributed by atoms with van der Waals surface area (Å²) in [6.07, 6.45) is 5.88. The molecule has 0 aliphatic heterocycles. The van der Waals surface area contributed by atoms with Gasteiger partial charge in [-0.2, -0.15) is 15.0 Å². The van der Waals surface area contributed by atoms with Gasteiger partial charge in [0, 0.05) is 12.1 Å². The highest BCUT2D eigenvalue weighted by atomic mass is 15.2. The Morgan fingerprint density at radius 2 is 1.42 bits per heavy atom. The molecule has 1 aromatic rings. The van der Waals surface area contributed by atoms with Crippen LogP contribution in [0.4, 0.5) is 11.9 Å². The Morgan fingerprint density at radius 3 is 1.96 bits per heavy atom. The van der Waals surface area contributed by atoms with Gasteiger partial charge in [0.15, 0.2) is 0 Å². The third-order valence-corrected chi connectivity index (χ3v) is 6.17. The molecule has 0 bridgehead atoms. The normalized spacial score (nSPS) is 13.0. The lowest BCUT2D eigenvalue weighted by Crippen LogP contribution is -2.47. The predicted octanol–water partition coefficient (Wildman–Crippen LogP) is 5.83. The molecule has 5 nitrogen and oxygen atoms in total. The van der Waals surface area contributed by atoms with Crippen LogP contribution in [0.25, 0.3) is 0 Å². The van der Waals surface area contributed by atoms with Crippen molar-refractivity contribution in [2.24, 2.45) is 10.8 Å². The fourth-order valence-electron chi connectivity index (χ4n) is 3.24. The van der Waals surface area contributed by atoms with Crippen molar-refractivity contribution >= 4 is 11.9 Å². The van der Waals surface area contributed by atoms with Crippen molar-refractivity contribution in [1.29, 1.82) is 0 Å². The standard InChI is InChI=1S/C21H41N5/c1-10-13-14-19(5,6)15-22-17-23-16(4)24-18(25-17)26-20(7,8)21(9,11-2)12-3/h10-15H2,1-9H3,(H2,22,23,24,25,26). The highest BCUT2D eigenvalue weighted by Crippen LogP contribution is 2.39. The minimum atomic E-state index is -0.109. The van der Waals surface area contributed by atoms with E-state index in [1.54, 1.807) is 0 Å². The maximum atomic E-state index is 4.64. The number of unbranched alkanes of at least 4 members (excludes halogenated alkanes) is 1. The minimum Gasteiger partial charge on any atom is -0.354 e. The molecule has 0 saturated carbocycles. The van der Waals surface area contributed by atoms with Crippen LogP contribution in [0.15, 0.2) is 0 Å². The lowest BCUT2D eigenvalue weighted by molar-refractivity contribution is 0.178. The Bertz CT molecular complexity index is 562. The summed E-state index contributed by atoms with van der Waals surface area (Å²) in [6, 6.07) is 0. The number of aromatic nitrogens is 3. The quantitative estimate of drug-likeness (QED) is 0.518.